The maximum atomic E-state index is 12.2. The molecule has 1 amide bonds. The molecule has 6 rings (SSSR count). The minimum atomic E-state index is -0.253. The van der Waals surface area contributed by atoms with Crippen molar-refractivity contribution in [1.82, 2.24) is 14.9 Å². The smallest absolute Gasteiger partial charge is 0.229 e. The van der Waals surface area contributed by atoms with E-state index in [0.717, 1.165) is 40.4 Å². The number of thiophene rings is 1. The zero-order valence-corrected chi connectivity index (χ0v) is 20.3. The molecule has 8 nitrogen and oxygen atoms in total. The van der Waals surface area contributed by atoms with Gasteiger partial charge in [-0.25, -0.2) is 4.98 Å². The van der Waals surface area contributed by atoms with Crippen molar-refractivity contribution in [2.24, 2.45) is 23.5 Å². The first-order valence-electron chi connectivity index (χ1n) is 12.4. The molecule has 4 N–H and O–H groups in total. The number of aromatic nitrogens is 2. The monoisotopic (exact) mass is 490 g/mol. The minimum absolute atomic E-state index is 0.0486. The van der Waals surface area contributed by atoms with Crippen molar-refractivity contribution in [2.45, 2.75) is 25.3 Å². The van der Waals surface area contributed by atoms with Crippen LogP contribution in [-0.4, -0.2) is 53.1 Å². The average molecular weight is 491 g/mol. The lowest BCUT2D eigenvalue weighted by Crippen LogP contribution is -2.41. The molecule has 2 aliphatic carbocycles. The van der Waals surface area contributed by atoms with Crippen LogP contribution in [0.1, 0.15) is 19.3 Å². The number of primary amides is 1. The van der Waals surface area contributed by atoms with Crippen LogP contribution >= 0.6 is 11.3 Å². The quantitative estimate of drug-likeness (QED) is 0.389. The summed E-state index contributed by atoms with van der Waals surface area (Å²) in [5.41, 5.74) is 7.51. The predicted molar refractivity (Wildman–Crippen MR) is 139 cm³/mol. The number of nitrogens with zero attached hydrogens (tertiary/aromatic N) is 3. The standard InChI is InChI=1S/C26H30N6O2S/c27-24(33)21-16-3-4-17(15-16)22(21)30-25-23-20(9-14-35-23)29-26(31-25)28-18-5-7-19(8-6-18)34-13-12-32-10-1-2-11-32/h3-9,14,16-17,21-22H,1-2,10-13,15H2,(H2,27,33)(H2,28,29,30,31). The second kappa shape index (κ2) is 9.47. The molecule has 4 atom stereocenters. The van der Waals surface area contributed by atoms with Crippen molar-refractivity contribution in [3.05, 3.63) is 47.9 Å². The lowest BCUT2D eigenvalue weighted by atomic mass is 9.88. The number of fused-ring (bicyclic) bond motifs is 3. The predicted octanol–water partition coefficient (Wildman–Crippen LogP) is 4.00. The molecule has 1 saturated carbocycles. The Kier molecular flexibility index (Phi) is 6.03. The normalized spacial score (nSPS) is 25.4. The fourth-order valence-electron chi connectivity index (χ4n) is 5.64. The third kappa shape index (κ3) is 4.58. The Hall–Kier alpha value is -3.17. The first kappa shape index (κ1) is 22.3. The van der Waals surface area contributed by atoms with Crippen LogP contribution in [0.4, 0.5) is 17.5 Å². The molecule has 3 heterocycles. The molecular formula is C26H30N6O2S. The summed E-state index contributed by atoms with van der Waals surface area (Å²) in [6.07, 6.45) is 7.87. The fraction of sp³-hybridized carbons (Fsp3) is 0.423. The number of rotatable bonds is 9. The highest BCUT2D eigenvalue weighted by atomic mass is 32.1. The molecule has 3 aliphatic rings. The van der Waals surface area contributed by atoms with E-state index in [2.05, 4.69) is 32.7 Å². The van der Waals surface area contributed by atoms with Crippen molar-refractivity contribution < 1.29 is 9.53 Å². The number of carbonyl (C=O) groups excluding carboxylic acids is 1. The van der Waals surface area contributed by atoms with Gasteiger partial charge in [-0.1, -0.05) is 12.2 Å². The molecule has 0 radical (unpaired) electrons. The maximum Gasteiger partial charge on any atom is 0.229 e. The molecule has 4 unspecified atom stereocenters. The number of anilines is 3. The number of nitrogens with one attached hydrogen (secondary N) is 2. The number of nitrogens with two attached hydrogens (primary N) is 1. The number of ether oxygens (including phenoxy) is 1. The van der Waals surface area contributed by atoms with Gasteiger partial charge in [0.1, 0.15) is 18.2 Å². The number of benzene rings is 1. The molecule has 2 bridgehead atoms. The van der Waals surface area contributed by atoms with Crippen molar-refractivity contribution >= 4 is 44.9 Å². The van der Waals surface area contributed by atoms with Gasteiger partial charge < -0.3 is 21.1 Å². The topological polar surface area (TPSA) is 105 Å². The molecular weight excluding hydrogens is 460 g/mol. The van der Waals surface area contributed by atoms with E-state index in [4.69, 9.17) is 15.5 Å². The average Bonchev–Trinajstić information content (AvgIpc) is 3.65. The maximum absolute atomic E-state index is 12.2. The Bertz CT molecular complexity index is 1240. The highest BCUT2D eigenvalue weighted by molar-refractivity contribution is 7.17. The number of likely N-dealkylation sites (tertiary alicyclic amines) is 1. The van der Waals surface area contributed by atoms with Crippen LogP contribution < -0.4 is 21.1 Å². The lowest BCUT2D eigenvalue weighted by molar-refractivity contribution is -0.122. The van der Waals surface area contributed by atoms with Crippen LogP contribution in [0.25, 0.3) is 10.2 Å². The first-order chi connectivity index (χ1) is 17.1. The summed E-state index contributed by atoms with van der Waals surface area (Å²) in [7, 11) is 0. The van der Waals surface area contributed by atoms with Crippen LogP contribution in [0, 0.1) is 17.8 Å². The van der Waals surface area contributed by atoms with E-state index >= 15 is 0 Å². The molecule has 1 aromatic carbocycles. The SMILES string of the molecule is NC(=O)C1C2C=CC(C2)C1Nc1nc(Nc2ccc(OCCN3CCCC3)cc2)nc2ccsc12. The second-order valence-corrected chi connectivity index (χ2v) is 10.5. The Morgan fingerprint density at radius 2 is 1.91 bits per heavy atom. The van der Waals surface area contributed by atoms with Crippen LogP contribution in [0.2, 0.25) is 0 Å². The van der Waals surface area contributed by atoms with Gasteiger partial charge >= 0.3 is 0 Å². The molecule has 35 heavy (non-hydrogen) atoms. The van der Waals surface area contributed by atoms with Gasteiger partial charge in [0.15, 0.2) is 0 Å². The summed E-state index contributed by atoms with van der Waals surface area (Å²) in [6, 6.07) is 9.82. The Morgan fingerprint density at radius 3 is 2.71 bits per heavy atom. The van der Waals surface area contributed by atoms with E-state index in [0.29, 0.717) is 12.6 Å². The summed E-state index contributed by atoms with van der Waals surface area (Å²) < 4.78 is 6.89. The van der Waals surface area contributed by atoms with E-state index in [9.17, 15) is 4.79 Å². The van der Waals surface area contributed by atoms with Gasteiger partial charge in [-0.15, -0.1) is 11.3 Å². The van der Waals surface area contributed by atoms with Crippen molar-refractivity contribution in [3.63, 3.8) is 0 Å². The molecule has 1 saturated heterocycles. The third-order valence-electron chi connectivity index (χ3n) is 7.38. The van der Waals surface area contributed by atoms with Crippen LogP contribution in [0.5, 0.6) is 5.75 Å². The van der Waals surface area contributed by atoms with Crippen LogP contribution in [0.3, 0.4) is 0 Å². The summed E-state index contributed by atoms with van der Waals surface area (Å²) in [4.78, 5) is 24.1. The van der Waals surface area contributed by atoms with Gasteiger partial charge in [0.05, 0.1) is 16.1 Å². The van der Waals surface area contributed by atoms with Crippen LogP contribution in [-0.2, 0) is 4.79 Å². The highest BCUT2D eigenvalue weighted by Crippen LogP contribution is 2.45. The number of allylic oxidation sites excluding steroid dienone is 1. The number of amides is 1. The Labute approximate surface area is 208 Å². The molecule has 182 valence electrons. The van der Waals surface area contributed by atoms with Gasteiger partial charge in [-0.2, -0.15) is 4.98 Å². The summed E-state index contributed by atoms with van der Waals surface area (Å²) in [5, 5.41) is 8.89. The molecule has 0 spiro atoms. The molecule has 1 aliphatic heterocycles. The number of hydrogen-bond acceptors (Lipinski definition) is 8. The van der Waals surface area contributed by atoms with Gasteiger partial charge in [0.25, 0.3) is 0 Å². The van der Waals surface area contributed by atoms with Gasteiger partial charge in [-0.3, -0.25) is 9.69 Å². The van der Waals surface area contributed by atoms with E-state index in [1.807, 2.05) is 35.7 Å². The zero-order chi connectivity index (χ0) is 23.8. The lowest BCUT2D eigenvalue weighted by Gasteiger charge is -2.27. The second-order valence-electron chi connectivity index (χ2n) is 9.62. The van der Waals surface area contributed by atoms with E-state index in [1.165, 1.54) is 25.9 Å². The molecule has 2 fully saturated rings. The summed E-state index contributed by atoms with van der Waals surface area (Å²) in [6.45, 7) is 4.03. The van der Waals surface area contributed by atoms with Crippen LogP contribution in [0.15, 0.2) is 47.9 Å². The van der Waals surface area contributed by atoms with Gasteiger partial charge in [-0.05, 0) is 79.9 Å². The van der Waals surface area contributed by atoms with E-state index in [1.54, 1.807) is 11.3 Å². The van der Waals surface area contributed by atoms with Gasteiger partial charge in [0.2, 0.25) is 11.9 Å². The van der Waals surface area contributed by atoms with Crippen molar-refractivity contribution in [3.8, 4) is 5.75 Å². The minimum Gasteiger partial charge on any atom is -0.492 e. The Morgan fingerprint density at radius 1 is 1.11 bits per heavy atom. The third-order valence-corrected chi connectivity index (χ3v) is 8.29. The molecule has 9 heteroatoms. The van der Waals surface area contributed by atoms with Crippen molar-refractivity contribution in [2.75, 3.05) is 36.9 Å². The number of carbonyl (C=O) groups is 1. The van der Waals surface area contributed by atoms with E-state index in [-0.39, 0.29) is 29.7 Å². The van der Waals surface area contributed by atoms with Crippen molar-refractivity contribution in [1.29, 1.82) is 0 Å². The van der Waals surface area contributed by atoms with Gasteiger partial charge in [0, 0.05) is 18.3 Å². The van der Waals surface area contributed by atoms with E-state index < -0.39 is 0 Å². The fourth-order valence-corrected chi connectivity index (χ4v) is 6.43. The molecule has 2 aromatic heterocycles. The number of hydrogen-bond donors (Lipinski definition) is 3. The highest BCUT2D eigenvalue weighted by Gasteiger charge is 2.47. The molecule has 3 aromatic rings. The summed E-state index contributed by atoms with van der Waals surface area (Å²) >= 11 is 1.59. The first-order valence-corrected chi connectivity index (χ1v) is 13.2. The Balaban J connectivity index is 1.15. The summed E-state index contributed by atoms with van der Waals surface area (Å²) in [5.74, 6) is 2.14. The zero-order valence-electron chi connectivity index (χ0n) is 19.5. The largest absolute Gasteiger partial charge is 0.492 e.